The predicted octanol–water partition coefficient (Wildman–Crippen LogP) is 4.01. The van der Waals surface area contributed by atoms with E-state index in [9.17, 15) is 5.21 Å². The Bertz CT molecular complexity index is 793. The molecule has 0 radical (unpaired) electrons. The van der Waals surface area contributed by atoms with E-state index >= 15 is 0 Å². The Balaban J connectivity index is 1.97. The summed E-state index contributed by atoms with van der Waals surface area (Å²) in [5.41, 5.74) is 7.31. The van der Waals surface area contributed by atoms with Crippen molar-refractivity contribution >= 4 is 22.6 Å². The molecular weight excluding hydrogens is 304 g/mol. The molecule has 0 amide bonds. The van der Waals surface area contributed by atoms with Gasteiger partial charge in [0.15, 0.2) is 0 Å². The molecule has 1 aromatic heterocycles. The molecule has 2 aromatic rings. The van der Waals surface area contributed by atoms with Crippen LogP contribution in [0.3, 0.4) is 0 Å². The van der Waals surface area contributed by atoms with Crippen molar-refractivity contribution in [2.45, 2.75) is 19.3 Å². The van der Waals surface area contributed by atoms with Gasteiger partial charge in [-0.15, -0.1) is 11.3 Å². The fraction of sp³-hybridized carbons (Fsp3) is 0.316. The maximum absolute atomic E-state index is 9.53. The number of benzene rings is 1. The molecule has 4 rings (SSSR count). The second-order valence-corrected chi connectivity index (χ2v) is 7.31. The van der Waals surface area contributed by atoms with Crippen LogP contribution >= 0.6 is 11.3 Å². The highest BCUT2D eigenvalue weighted by Crippen LogP contribution is 2.40. The number of thiophene rings is 1. The standard InChI is InChI=1S/C19H20N2OS/c1-21-9-6-13(7-10-21)19-15-5-3-2-4-14(15)17(20-22)12-18-16(19)8-11-23-18/h2-5,8,11,22H,6-7,9-10,12H2,1H3. The molecule has 1 N–H and O–H groups in total. The van der Waals surface area contributed by atoms with E-state index in [1.54, 1.807) is 11.3 Å². The van der Waals surface area contributed by atoms with Crippen molar-refractivity contribution < 1.29 is 5.21 Å². The van der Waals surface area contributed by atoms with Gasteiger partial charge >= 0.3 is 0 Å². The molecule has 4 heteroatoms. The van der Waals surface area contributed by atoms with Gasteiger partial charge in [0, 0.05) is 30.0 Å². The largest absolute Gasteiger partial charge is 0.411 e. The number of likely N-dealkylation sites (tertiary alicyclic amines) is 1. The lowest BCUT2D eigenvalue weighted by atomic mass is 9.87. The highest BCUT2D eigenvalue weighted by Gasteiger charge is 2.26. The zero-order valence-electron chi connectivity index (χ0n) is 13.2. The Morgan fingerprint density at radius 2 is 1.78 bits per heavy atom. The second-order valence-electron chi connectivity index (χ2n) is 6.31. The van der Waals surface area contributed by atoms with Crippen LogP contribution in [0, 0.1) is 0 Å². The molecule has 0 bridgehead atoms. The van der Waals surface area contributed by atoms with Gasteiger partial charge < -0.3 is 10.1 Å². The minimum atomic E-state index is 0.706. The maximum atomic E-state index is 9.53. The van der Waals surface area contributed by atoms with Crippen molar-refractivity contribution in [2.75, 3.05) is 20.1 Å². The molecule has 2 heterocycles. The third kappa shape index (κ3) is 2.52. The summed E-state index contributed by atoms with van der Waals surface area (Å²) in [5, 5.41) is 15.3. The molecule has 23 heavy (non-hydrogen) atoms. The Morgan fingerprint density at radius 3 is 2.52 bits per heavy atom. The van der Waals surface area contributed by atoms with Crippen molar-refractivity contribution in [3.63, 3.8) is 0 Å². The molecule has 3 nitrogen and oxygen atoms in total. The van der Waals surface area contributed by atoms with Gasteiger partial charge in [-0.2, -0.15) is 0 Å². The van der Waals surface area contributed by atoms with E-state index in [2.05, 4.69) is 46.7 Å². The van der Waals surface area contributed by atoms with Crippen molar-refractivity contribution in [1.82, 2.24) is 4.90 Å². The Labute approximate surface area is 140 Å². The molecule has 0 atom stereocenters. The summed E-state index contributed by atoms with van der Waals surface area (Å²) in [6.45, 7) is 2.23. The Hall–Kier alpha value is -1.91. The van der Waals surface area contributed by atoms with Crippen molar-refractivity contribution in [1.29, 1.82) is 0 Å². The molecule has 1 aromatic carbocycles. The zero-order chi connectivity index (χ0) is 15.8. The Morgan fingerprint density at radius 1 is 1.04 bits per heavy atom. The molecular formula is C19H20N2OS. The summed E-state index contributed by atoms with van der Waals surface area (Å²) in [5.74, 6) is 0. The molecule has 1 aliphatic carbocycles. The van der Waals surface area contributed by atoms with E-state index in [0.29, 0.717) is 6.42 Å². The number of nitrogens with zero attached hydrogens (tertiary/aromatic N) is 2. The van der Waals surface area contributed by atoms with Gasteiger partial charge in [0.25, 0.3) is 0 Å². The first-order chi connectivity index (χ1) is 11.3. The summed E-state index contributed by atoms with van der Waals surface area (Å²) < 4.78 is 0. The van der Waals surface area contributed by atoms with Gasteiger partial charge in [-0.05, 0) is 48.0 Å². The normalized spacial score (nSPS) is 20.3. The highest BCUT2D eigenvalue weighted by atomic mass is 32.1. The maximum Gasteiger partial charge on any atom is 0.0926 e. The van der Waals surface area contributed by atoms with E-state index in [-0.39, 0.29) is 0 Å². The van der Waals surface area contributed by atoms with E-state index in [1.165, 1.54) is 27.2 Å². The van der Waals surface area contributed by atoms with Gasteiger partial charge in [0.1, 0.15) is 0 Å². The average Bonchev–Trinajstić information content (AvgIpc) is 2.98. The van der Waals surface area contributed by atoms with Crippen molar-refractivity contribution in [3.8, 4) is 0 Å². The minimum absolute atomic E-state index is 0.706. The van der Waals surface area contributed by atoms with E-state index in [0.717, 1.165) is 37.2 Å². The van der Waals surface area contributed by atoms with Crippen LogP contribution in [-0.4, -0.2) is 36.0 Å². The van der Waals surface area contributed by atoms with E-state index in [1.807, 2.05) is 6.07 Å². The fourth-order valence-corrected chi connectivity index (χ4v) is 4.54. The van der Waals surface area contributed by atoms with Crippen LogP contribution in [0.4, 0.5) is 0 Å². The van der Waals surface area contributed by atoms with Gasteiger partial charge in [-0.1, -0.05) is 35.0 Å². The third-order valence-corrected chi connectivity index (χ3v) is 5.84. The fourth-order valence-electron chi connectivity index (χ4n) is 3.65. The summed E-state index contributed by atoms with van der Waals surface area (Å²) in [6.07, 6.45) is 2.93. The first kappa shape index (κ1) is 14.7. The highest BCUT2D eigenvalue weighted by molar-refractivity contribution is 7.10. The molecule has 0 saturated carbocycles. The lowest BCUT2D eigenvalue weighted by Gasteiger charge is -2.27. The van der Waals surface area contributed by atoms with Gasteiger partial charge in [-0.3, -0.25) is 0 Å². The summed E-state index contributed by atoms with van der Waals surface area (Å²) >= 11 is 1.76. The van der Waals surface area contributed by atoms with Crippen LogP contribution in [-0.2, 0) is 6.42 Å². The summed E-state index contributed by atoms with van der Waals surface area (Å²) in [7, 11) is 2.19. The van der Waals surface area contributed by atoms with Crippen LogP contribution in [0.25, 0.3) is 5.57 Å². The number of piperidine rings is 1. The van der Waals surface area contributed by atoms with Gasteiger partial charge in [0.2, 0.25) is 0 Å². The molecule has 2 aliphatic rings. The number of oxime groups is 1. The van der Waals surface area contributed by atoms with Crippen LogP contribution in [0.1, 0.15) is 34.4 Å². The van der Waals surface area contributed by atoms with Gasteiger partial charge in [0.05, 0.1) is 5.71 Å². The quantitative estimate of drug-likeness (QED) is 0.587. The molecule has 118 valence electrons. The molecule has 1 fully saturated rings. The van der Waals surface area contributed by atoms with Crippen LogP contribution < -0.4 is 0 Å². The van der Waals surface area contributed by atoms with Crippen molar-refractivity contribution in [2.24, 2.45) is 5.16 Å². The first-order valence-corrected chi connectivity index (χ1v) is 8.94. The number of fused-ring (bicyclic) bond motifs is 2. The number of hydrogen-bond acceptors (Lipinski definition) is 4. The van der Waals surface area contributed by atoms with Crippen LogP contribution in [0.15, 0.2) is 46.4 Å². The monoisotopic (exact) mass is 324 g/mol. The SMILES string of the molecule is CN1CCC(=C2c3ccccc3C(=NO)Cc3sccc32)CC1. The lowest BCUT2D eigenvalue weighted by molar-refractivity contribution is 0.313. The van der Waals surface area contributed by atoms with E-state index in [4.69, 9.17) is 0 Å². The van der Waals surface area contributed by atoms with Crippen molar-refractivity contribution in [3.05, 3.63) is 62.9 Å². The molecule has 0 spiro atoms. The topological polar surface area (TPSA) is 35.8 Å². The van der Waals surface area contributed by atoms with Gasteiger partial charge in [-0.25, -0.2) is 0 Å². The summed E-state index contributed by atoms with van der Waals surface area (Å²) in [6, 6.07) is 10.6. The van der Waals surface area contributed by atoms with Crippen LogP contribution in [0.5, 0.6) is 0 Å². The molecule has 0 unspecified atom stereocenters. The third-order valence-electron chi connectivity index (χ3n) is 4.91. The molecule has 1 aliphatic heterocycles. The zero-order valence-corrected chi connectivity index (χ0v) is 14.1. The predicted molar refractivity (Wildman–Crippen MR) is 95.5 cm³/mol. The number of hydrogen-bond donors (Lipinski definition) is 1. The average molecular weight is 324 g/mol. The van der Waals surface area contributed by atoms with E-state index < -0.39 is 0 Å². The van der Waals surface area contributed by atoms with Crippen LogP contribution in [0.2, 0.25) is 0 Å². The lowest BCUT2D eigenvalue weighted by Crippen LogP contribution is -2.27. The molecule has 1 saturated heterocycles. The minimum Gasteiger partial charge on any atom is -0.411 e. The summed E-state index contributed by atoms with van der Waals surface area (Å²) in [4.78, 5) is 3.69. The smallest absolute Gasteiger partial charge is 0.0926 e. The first-order valence-electron chi connectivity index (χ1n) is 8.06. The number of rotatable bonds is 0. The Kier molecular flexibility index (Phi) is 3.79. The second kappa shape index (κ2) is 5.95.